The number of nitrogens with one attached hydrogen (secondary N) is 1. The molecule has 0 saturated heterocycles. The molecular formula is C20H23NO5. The van der Waals surface area contributed by atoms with Gasteiger partial charge in [0.25, 0.3) is 0 Å². The van der Waals surface area contributed by atoms with Crippen LogP contribution in [-0.4, -0.2) is 32.7 Å². The maximum Gasteiger partial charge on any atom is 0.340 e. The van der Waals surface area contributed by atoms with E-state index in [1.165, 1.54) is 20.3 Å². The van der Waals surface area contributed by atoms with Crippen molar-refractivity contribution in [1.82, 2.24) is 0 Å². The summed E-state index contributed by atoms with van der Waals surface area (Å²) >= 11 is 0. The fourth-order valence-corrected chi connectivity index (χ4v) is 2.38. The van der Waals surface area contributed by atoms with E-state index >= 15 is 0 Å². The minimum absolute atomic E-state index is 0.200. The first-order valence-electron chi connectivity index (χ1n) is 8.29. The zero-order valence-electron chi connectivity index (χ0n) is 15.2. The summed E-state index contributed by atoms with van der Waals surface area (Å²) in [4.78, 5) is 24.0. The standard InChI is InChI=1S/C20H23NO5/c1-14-7-4-5-8-18(14)26-12-6-9-19(22)21-17-11-10-15(24-2)13-16(17)20(23)25-3/h4-5,7-8,10-11,13H,6,9,12H2,1-3H3,(H,21,22). The molecule has 0 atom stereocenters. The molecule has 0 aliphatic heterocycles. The van der Waals surface area contributed by atoms with Gasteiger partial charge in [-0.05, 0) is 43.2 Å². The van der Waals surface area contributed by atoms with Crippen LogP contribution < -0.4 is 14.8 Å². The summed E-state index contributed by atoms with van der Waals surface area (Å²) in [5.74, 6) is 0.585. The number of carbonyl (C=O) groups excluding carboxylic acids is 2. The third-order valence-electron chi connectivity index (χ3n) is 3.81. The highest BCUT2D eigenvalue weighted by Crippen LogP contribution is 2.23. The molecule has 1 N–H and O–H groups in total. The number of carbonyl (C=O) groups is 2. The maximum absolute atomic E-state index is 12.2. The summed E-state index contributed by atoms with van der Waals surface area (Å²) in [6, 6.07) is 12.5. The van der Waals surface area contributed by atoms with Crippen molar-refractivity contribution in [2.24, 2.45) is 0 Å². The molecule has 0 unspecified atom stereocenters. The molecule has 0 aliphatic carbocycles. The summed E-state index contributed by atoms with van der Waals surface area (Å²) in [6.45, 7) is 2.41. The Labute approximate surface area is 153 Å². The van der Waals surface area contributed by atoms with Crippen LogP contribution in [0.15, 0.2) is 42.5 Å². The van der Waals surface area contributed by atoms with Gasteiger partial charge in [-0.3, -0.25) is 4.79 Å². The molecule has 0 fully saturated rings. The maximum atomic E-state index is 12.2. The monoisotopic (exact) mass is 357 g/mol. The number of methoxy groups -OCH3 is 2. The second-order valence-electron chi connectivity index (χ2n) is 5.67. The number of hydrogen-bond acceptors (Lipinski definition) is 5. The largest absolute Gasteiger partial charge is 0.497 e. The topological polar surface area (TPSA) is 73.9 Å². The quantitative estimate of drug-likeness (QED) is 0.577. The number of para-hydroxylation sites is 1. The number of ether oxygens (including phenoxy) is 3. The smallest absolute Gasteiger partial charge is 0.340 e. The normalized spacial score (nSPS) is 10.1. The number of hydrogen-bond donors (Lipinski definition) is 1. The van der Waals surface area contributed by atoms with Crippen molar-refractivity contribution in [1.29, 1.82) is 0 Å². The summed E-state index contributed by atoms with van der Waals surface area (Å²) in [5.41, 5.74) is 1.69. The van der Waals surface area contributed by atoms with E-state index in [0.717, 1.165) is 11.3 Å². The van der Waals surface area contributed by atoms with E-state index in [2.05, 4.69) is 5.32 Å². The predicted octanol–water partition coefficient (Wildman–Crippen LogP) is 3.59. The van der Waals surface area contributed by atoms with Crippen molar-refractivity contribution < 1.29 is 23.8 Å². The Morgan fingerprint density at radius 3 is 2.54 bits per heavy atom. The number of aryl methyl sites for hydroxylation is 1. The van der Waals surface area contributed by atoms with E-state index < -0.39 is 5.97 Å². The van der Waals surface area contributed by atoms with Crippen LogP contribution in [0.5, 0.6) is 11.5 Å². The molecule has 6 heteroatoms. The number of amides is 1. The van der Waals surface area contributed by atoms with Gasteiger partial charge in [-0.1, -0.05) is 18.2 Å². The predicted molar refractivity (Wildman–Crippen MR) is 98.9 cm³/mol. The zero-order chi connectivity index (χ0) is 18.9. The molecule has 0 aliphatic rings. The highest BCUT2D eigenvalue weighted by molar-refractivity contribution is 6.01. The van der Waals surface area contributed by atoms with Crippen LogP contribution in [-0.2, 0) is 9.53 Å². The average molecular weight is 357 g/mol. The molecular weight excluding hydrogens is 334 g/mol. The third kappa shape index (κ3) is 5.24. The molecule has 0 heterocycles. The Morgan fingerprint density at radius 2 is 1.85 bits per heavy atom. The third-order valence-corrected chi connectivity index (χ3v) is 3.81. The molecule has 2 rings (SSSR count). The highest BCUT2D eigenvalue weighted by atomic mass is 16.5. The van der Waals surface area contributed by atoms with Gasteiger partial charge in [0, 0.05) is 6.42 Å². The summed E-state index contributed by atoms with van der Waals surface area (Å²) < 4.78 is 15.5. The van der Waals surface area contributed by atoms with Crippen LogP contribution in [0.2, 0.25) is 0 Å². The van der Waals surface area contributed by atoms with Crippen LogP contribution in [0.1, 0.15) is 28.8 Å². The van der Waals surface area contributed by atoms with Crippen molar-refractivity contribution in [3.05, 3.63) is 53.6 Å². The van der Waals surface area contributed by atoms with Gasteiger partial charge in [-0.25, -0.2) is 4.79 Å². The molecule has 0 bridgehead atoms. The van der Waals surface area contributed by atoms with E-state index in [1.54, 1.807) is 12.1 Å². The van der Waals surface area contributed by atoms with Gasteiger partial charge in [0.2, 0.25) is 5.91 Å². The lowest BCUT2D eigenvalue weighted by atomic mass is 10.1. The van der Waals surface area contributed by atoms with Gasteiger partial charge in [0.05, 0.1) is 32.1 Å². The molecule has 0 radical (unpaired) electrons. The van der Waals surface area contributed by atoms with Crippen molar-refractivity contribution in [3.8, 4) is 11.5 Å². The van der Waals surface area contributed by atoms with Crippen LogP contribution in [0, 0.1) is 6.92 Å². The summed E-state index contributed by atoms with van der Waals surface area (Å²) in [6.07, 6.45) is 0.836. The lowest BCUT2D eigenvalue weighted by molar-refractivity contribution is -0.116. The van der Waals surface area contributed by atoms with Crippen molar-refractivity contribution in [2.45, 2.75) is 19.8 Å². The van der Waals surface area contributed by atoms with E-state index in [9.17, 15) is 9.59 Å². The fraction of sp³-hybridized carbons (Fsp3) is 0.300. The van der Waals surface area contributed by atoms with Crippen LogP contribution in [0.3, 0.4) is 0 Å². The number of esters is 1. The average Bonchev–Trinajstić information content (AvgIpc) is 2.66. The Hall–Kier alpha value is -3.02. The second-order valence-corrected chi connectivity index (χ2v) is 5.67. The summed E-state index contributed by atoms with van der Waals surface area (Å²) in [5, 5.41) is 2.74. The first-order valence-corrected chi connectivity index (χ1v) is 8.29. The molecule has 0 spiro atoms. The van der Waals surface area contributed by atoms with Crippen molar-refractivity contribution in [2.75, 3.05) is 26.1 Å². The van der Waals surface area contributed by atoms with Gasteiger partial charge < -0.3 is 19.5 Å². The first-order chi connectivity index (χ1) is 12.5. The van der Waals surface area contributed by atoms with Gasteiger partial charge in [0.1, 0.15) is 11.5 Å². The van der Waals surface area contributed by atoms with E-state index in [-0.39, 0.29) is 17.9 Å². The Bertz CT molecular complexity index is 773. The molecule has 0 aromatic heterocycles. The van der Waals surface area contributed by atoms with Gasteiger partial charge in [-0.15, -0.1) is 0 Å². The lowest BCUT2D eigenvalue weighted by Gasteiger charge is -2.12. The zero-order valence-corrected chi connectivity index (χ0v) is 15.2. The van der Waals surface area contributed by atoms with Gasteiger partial charge in [0.15, 0.2) is 0 Å². The van der Waals surface area contributed by atoms with Crippen molar-refractivity contribution in [3.63, 3.8) is 0 Å². The van der Waals surface area contributed by atoms with Gasteiger partial charge >= 0.3 is 5.97 Å². The van der Waals surface area contributed by atoms with Crippen molar-refractivity contribution >= 4 is 17.6 Å². The Balaban J connectivity index is 1.89. The van der Waals surface area contributed by atoms with Crippen LogP contribution in [0.4, 0.5) is 5.69 Å². The SMILES string of the molecule is COC(=O)c1cc(OC)ccc1NC(=O)CCCOc1ccccc1C. The second kappa shape index (κ2) is 9.46. The first kappa shape index (κ1) is 19.3. The lowest BCUT2D eigenvalue weighted by Crippen LogP contribution is -2.16. The molecule has 2 aromatic rings. The van der Waals surface area contributed by atoms with Crippen LogP contribution >= 0.6 is 0 Å². The van der Waals surface area contributed by atoms with E-state index in [1.807, 2.05) is 31.2 Å². The molecule has 138 valence electrons. The van der Waals surface area contributed by atoms with E-state index in [0.29, 0.717) is 24.5 Å². The summed E-state index contributed by atoms with van der Waals surface area (Å²) in [7, 11) is 2.79. The highest BCUT2D eigenvalue weighted by Gasteiger charge is 2.15. The molecule has 2 aromatic carbocycles. The minimum atomic E-state index is -0.540. The molecule has 1 amide bonds. The minimum Gasteiger partial charge on any atom is -0.497 e. The Morgan fingerprint density at radius 1 is 1.08 bits per heavy atom. The molecule has 26 heavy (non-hydrogen) atoms. The Kier molecular flexibility index (Phi) is 7.02. The number of benzene rings is 2. The van der Waals surface area contributed by atoms with E-state index in [4.69, 9.17) is 14.2 Å². The number of rotatable bonds is 8. The number of anilines is 1. The fourth-order valence-electron chi connectivity index (χ4n) is 2.38. The van der Waals surface area contributed by atoms with Gasteiger partial charge in [-0.2, -0.15) is 0 Å². The van der Waals surface area contributed by atoms with Crippen LogP contribution in [0.25, 0.3) is 0 Å². The molecule has 0 saturated carbocycles. The molecule has 6 nitrogen and oxygen atoms in total.